The van der Waals surface area contributed by atoms with E-state index < -0.39 is 0 Å². The van der Waals surface area contributed by atoms with Crippen molar-refractivity contribution in [1.82, 2.24) is 4.90 Å². The molecule has 100 valence electrons. The van der Waals surface area contributed by atoms with Gasteiger partial charge in [-0.2, -0.15) is 0 Å². The zero-order valence-corrected chi connectivity index (χ0v) is 12.9. The van der Waals surface area contributed by atoms with Gasteiger partial charge in [0.15, 0.2) is 0 Å². The Kier molecular flexibility index (Phi) is 6.99. The minimum Gasteiger partial charge on any atom is -1.00 e. The quantitative estimate of drug-likeness (QED) is 0.297. The maximum absolute atomic E-state index is 11.4. The summed E-state index contributed by atoms with van der Waals surface area (Å²) in [5.41, 5.74) is 0. The van der Waals surface area contributed by atoms with E-state index in [1.54, 1.807) is 4.90 Å². The number of amides is 1. The molecule has 0 aromatic rings. The number of ether oxygens (including phenoxy) is 1. The number of halogens is 1. The number of hydrogen-bond acceptors (Lipinski definition) is 3. The van der Waals surface area contributed by atoms with Crippen molar-refractivity contribution < 1.29 is 42.8 Å². The Bertz CT molecular complexity index is 276. The Morgan fingerprint density at radius 1 is 1.41 bits per heavy atom. The summed E-state index contributed by atoms with van der Waals surface area (Å²) in [5.74, 6) is -0.243. The maximum atomic E-state index is 11.4. The van der Waals surface area contributed by atoms with Crippen LogP contribution in [0.25, 0.3) is 0 Å². The molecule has 0 saturated carbocycles. The molecular weight excluding hydrogens is 335 g/mol. The maximum Gasteiger partial charge on any atom is 0.325 e. The summed E-state index contributed by atoms with van der Waals surface area (Å²) in [6, 6.07) is 0. The highest BCUT2D eigenvalue weighted by atomic mass is 127. The standard InChI is InChI=1S/C11H21N2O3.HI/c1-13(2,3)7-8-16-11(15)9-12-6-4-5-10(12)14;/h4-9H2,1-3H3;1H/q+1;/p-1. The van der Waals surface area contributed by atoms with Crippen molar-refractivity contribution >= 4 is 11.9 Å². The van der Waals surface area contributed by atoms with Crippen LogP contribution in [0, 0.1) is 0 Å². The first-order valence-corrected chi connectivity index (χ1v) is 5.62. The number of carbonyl (C=O) groups is 2. The molecule has 0 spiro atoms. The highest BCUT2D eigenvalue weighted by Crippen LogP contribution is 2.08. The summed E-state index contributed by atoms with van der Waals surface area (Å²) in [6.45, 7) is 1.98. The first-order chi connectivity index (χ1) is 7.38. The molecule has 0 aliphatic carbocycles. The third-order valence-electron chi connectivity index (χ3n) is 2.52. The van der Waals surface area contributed by atoms with Crippen molar-refractivity contribution in [3.05, 3.63) is 0 Å². The second-order valence-corrected chi connectivity index (χ2v) is 5.15. The lowest BCUT2D eigenvalue weighted by atomic mass is 10.4. The number of quaternary nitrogens is 1. The fourth-order valence-corrected chi connectivity index (χ4v) is 1.51. The van der Waals surface area contributed by atoms with E-state index in [1.807, 2.05) is 21.1 Å². The number of hydrogen-bond donors (Lipinski definition) is 0. The molecule has 1 heterocycles. The van der Waals surface area contributed by atoms with Crippen LogP contribution >= 0.6 is 0 Å². The van der Waals surface area contributed by atoms with E-state index in [-0.39, 0.29) is 42.4 Å². The fourth-order valence-electron chi connectivity index (χ4n) is 1.51. The molecule has 17 heavy (non-hydrogen) atoms. The summed E-state index contributed by atoms with van der Waals surface area (Å²) in [5, 5.41) is 0. The number of nitrogens with zero attached hydrogens (tertiary/aromatic N) is 2. The van der Waals surface area contributed by atoms with Gasteiger partial charge < -0.3 is 38.1 Å². The summed E-state index contributed by atoms with van der Waals surface area (Å²) in [6.07, 6.45) is 1.41. The van der Waals surface area contributed by atoms with Gasteiger partial charge in [-0.1, -0.05) is 0 Å². The third-order valence-corrected chi connectivity index (χ3v) is 2.52. The first-order valence-electron chi connectivity index (χ1n) is 5.62. The van der Waals surface area contributed by atoms with Crippen LogP contribution in [0.15, 0.2) is 0 Å². The lowest BCUT2D eigenvalue weighted by Crippen LogP contribution is -3.00. The van der Waals surface area contributed by atoms with Gasteiger partial charge in [0.1, 0.15) is 19.7 Å². The molecule has 1 saturated heterocycles. The highest BCUT2D eigenvalue weighted by Gasteiger charge is 2.23. The van der Waals surface area contributed by atoms with E-state index in [1.165, 1.54) is 0 Å². The molecule has 1 fully saturated rings. The molecule has 1 aliphatic heterocycles. The molecular formula is C11H21IN2O3. The second-order valence-electron chi connectivity index (χ2n) is 5.15. The van der Waals surface area contributed by atoms with Gasteiger partial charge in [0.05, 0.1) is 21.1 Å². The molecule has 0 aromatic carbocycles. The molecule has 0 atom stereocenters. The number of likely N-dealkylation sites (tertiary alicyclic amines) is 1. The number of esters is 1. The van der Waals surface area contributed by atoms with Crippen LogP contribution in [0.2, 0.25) is 0 Å². The van der Waals surface area contributed by atoms with Crippen LogP contribution in [0.3, 0.4) is 0 Å². The first kappa shape index (κ1) is 16.6. The van der Waals surface area contributed by atoms with E-state index in [4.69, 9.17) is 4.74 Å². The zero-order valence-electron chi connectivity index (χ0n) is 10.7. The van der Waals surface area contributed by atoms with Crippen molar-refractivity contribution in [2.75, 3.05) is 47.4 Å². The van der Waals surface area contributed by atoms with Gasteiger partial charge >= 0.3 is 5.97 Å². The lowest BCUT2D eigenvalue weighted by Gasteiger charge is -2.23. The molecule has 0 N–H and O–H groups in total. The average molecular weight is 356 g/mol. The number of likely N-dealkylation sites (N-methyl/N-ethyl adjacent to an activating group) is 1. The smallest absolute Gasteiger partial charge is 0.325 e. The minimum absolute atomic E-state index is 0. The fraction of sp³-hybridized carbons (Fsp3) is 0.818. The van der Waals surface area contributed by atoms with Crippen molar-refractivity contribution in [3.8, 4) is 0 Å². The van der Waals surface area contributed by atoms with Crippen molar-refractivity contribution in [1.29, 1.82) is 0 Å². The molecule has 1 aliphatic rings. The monoisotopic (exact) mass is 356 g/mol. The molecule has 1 amide bonds. The second kappa shape index (κ2) is 7.15. The van der Waals surface area contributed by atoms with Crippen LogP contribution in [-0.4, -0.2) is 68.6 Å². The van der Waals surface area contributed by atoms with Gasteiger partial charge in [0.2, 0.25) is 5.91 Å². The summed E-state index contributed by atoms with van der Waals surface area (Å²) >= 11 is 0. The van der Waals surface area contributed by atoms with E-state index in [0.717, 1.165) is 17.4 Å². The van der Waals surface area contributed by atoms with Crippen LogP contribution < -0.4 is 24.0 Å². The highest BCUT2D eigenvalue weighted by molar-refractivity contribution is 5.83. The van der Waals surface area contributed by atoms with Gasteiger partial charge in [0, 0.05) is 13.0 Å². The largest absolute Gasteiger partial charge is 1.00 e. The van der Waals surface area contributed by atoms with Crippen LogP contribution in [-0.2, 0) is 14.3 Å². The minimum atomic E-state index is -0.302. The normalized spacial score (nSPS) is 15.7. The van der Waals surface area contributed by atoms with Gasteiger partial charge in [-0.05, 0) is 6.42 Å². The summed E-state index contributed by atoms with van der Waals surface area (Å²) < 4.78 is 5.84. The molecule has 0 aromatic heterocycles. The van der Waals surface area contributed by atoms with Gasteiger partial charge in [-0.3, -0.25) is 9.59 Å². The van der Waals surface area contributed by atoms with E-state index in [0.29, 0.717) is 19.6 Å². The van der Waals surface area contributed by atoms with Crippen LogP contribution in [0.4, 0.5) is 0 Å². The predicted octanol–water partition coefficient (Wildman–Crippen LogP) is -3.14. The summed E-state index contributed by atoms with van der Waals surface area (Å²) in [4.78, 5) is 24.2. The topological polar surface area (TPSA) is 46.6 Å². The van der Waals surface area contributed by atoms with E-state index in [9.17, 15) is 9.59 Å². The summed E-state index contributed by atoms with van der Waals surface area (Å²) in [7, 11) is 6.12. The van der Waals surface area contributed by atoms with Gasteiger partial charge in [0.25, 0.3) is 0 Å². The number of carbonyl (C=O) groups excluding carboxylic acids is 2. The molecule has 0 bridgehead atoms. The lowest BCUT2D eigenvalue weighted by molar-refractivity contribution is -0.870. The zero-order chi connectivity index (χ0) is 12.2. The van der Waals surface area contributed by atoms with Crippen molar-refractivity contribution in [2.45, 2.75) is 12.8 Å². The average Bonchev–Trinajstić information content (AvgIpc) is 2.49. The van der Waals surface area contributed by atoms with Gasteiger partial charge in [-0.15, -0.1) is 0 Å². The number of rotatable bonds is 5. The van der Waals surface area contributed by atoms with Crippen molar-refractivity contribution in [2.24, 2.45) is 0 Å². The van der Waals surface area contributed by atoms with Crippen LogP contribution in [0.1, 0.15) is 12.8 Å². The predicted molar refractivity (Wildman–Crippen MR) is 59.7 cm³/mol. The Morgan fingerprint density at radius 3 is 2.53 bits per heavy atom. The van der Waals surface area contributed by atoms with Crippen molar-refractivity contribution in [3.63, 3.8) is 0 Å². The molecule has 5 nitrogen and oxygen atoms in total. The van der Waals surface area contributed by atoms with E-state index in [2.05, 4.69) is 0 Å². The Labute approximate surface area is 120 Å². The van der Waals surface area contributed by atoms with Crippen LogP contribution in [0.5, 0.6) is 0 Å². The van der Waals surface area contributed by atoms with Gasteiger partial charge in [-0.25, -0.2) is 0 Å². The molecule has 0 unspecified atom stereocenters. The van der Waals surface area contributed by atoms with E-state index >= 15 is 0 Å². The molecule has 1 rings (SSSR count). The Hall–Kier alpha value is -0.370. The third kappa shape index (κ3) is 6.82. The molecule has 0 radical (unpaired) electrons. The SMILES string of the molecule is C[N+](C)(C)CCOC(=O)CN1CCCC1=O.[I-]. The molecule has 6 heteroatoms. The Balaban J connectivity index is 0.00000256. The Morgan fingerprint density at radius 2 is 2.06 bits per heavy atom.